The van der Waals surface area contributed by atoms with Crippen LogP contribution in [0.1, 0.15) is 16.1 Å². The van der Waals surface area contributed by atoms with Crippen LogP contribution in [0.4, 0.5) is 18.9 Å². The lowest BCUT2D eigenvalue weighted by Gasteiger charge is -2.07. The van der Waals surface area contributed by atoms with E-state index >= 15 is 0 Å². The number of hydrogen-bond donors (Lipinski definition) is 1. The largest absolute Gasteiger partial charge is 0.416 e. The third-order valence-electron chi connectivity index (χ3n) is 4.43. The number of carbonyl (C=O) groups excluding carboxylic acids is 1. The number of halogens is 3. The van der Waals surface area contributed by atoms with Gasteiger partial charge in [-0.25, -0.2) is 9.97 Å². The van der Waals surface area contributed by atoms with Gasteiger partial charge in [-0.1, -0.05) is 12.1 Å². The van der Waals surface area contributed by atoms with E-state index in [4.69, 9.17) is 0 Å². The fourth-order valence-corrected chi connectivity index (χ4v) is 3.48. The van der Waals surface area contributed by atoms with Crippen molar-refractivity contribution in [3.05, 3.63) is 76.9 Å². The summed E-state index contributed by atoms with van der Waals surface area (Å²) < 4.78 is 40.7. The van der Waals surface area contributed by atoms with Gasteiger partial charge in [-0.2, -0.15) is 13.2 Å². The number of thiazole rings is 1. The molecule has 1 amide bonds. The van der Waals surface area contributed by atoms with Crippen molar-refractivity contribution in [1.82, 2.24) is 14.5 Å². The van der Waals surface area contributed by atoms with Crippen molar-refractivity contribution in [3.63, 3.8) is 0 Å². The summed E-state index contributed by atoms with van der Waals surface area (Å²) in [5.41, 5.74) is 3.41. The average Bonchev–Trinajstić information content (AvgIpc) is 3.38. The molecule has 0 saturated heterocycles. The highest BCUT2D eigenvalue weighted by Crippen LogP contribution is 2.32. The topological polar surface area (TPSA) is 59.8 Å². The molecule has 30 heavy (non-hydrogen) atoms. The molecule has 4 rings (SSSR count). The van der Waals surface area contributed by atoms with Crippen molar-refractivity contribution in [2.45, 2.75) is 6.18 Å². The molecule has 0 saturated carbocycles. The van der Waals surface area contributed by atoms with E-state index in [1.165, 1.54) is 17.4 Å². The van der Waals surface area contributed by atoms with Crippen LogP contribution in [0.5, 0.6) is 0 Å². The number of carbonyl (C=O) groups is 1. The smallest absolute Gasteiger partial charge is 0.333 e. The molecule has 5 nitrogen and oxygen atoms in total. The molecule has 0 spiro atoms. The maximum Gasteiger partial charge on any atom is 0.416 e. The van der Waals surface area contributed by atoms with Crippen LogP contribution in [0.3, 0.4) is 0 Å². The maximum atomic E-state index is 13.0. The number of rotatable bonds is 4. The first-order chi connectivity index (χ1) is 14.3. The number of benzene rings is 2. The number of anilines is 1. The Morgan fingerprint density at radius 1 is 1.10 bits per heavy atom. The Balaban J connectivity index is 1.57. The summed E-state index contributed by atoms with van der Waals surface area (Å²) >= 11 is 1.34. The Kier molecular flexibility index (Phi) is 5.13. The number of amides is 1. The summed E-state index contributed by atoms with van der Waals surface area (Å²) in [7, 11) is 1.78. The molecule has 0 aliphatic rings. The van der Waals surface area contributed by atoms with E-state index in [1.54, 1.807) is 59.0 Å². The van der Waals surface area contributed by atoms with Crippen LogP contribution in [0, 0.1) is 0 Å². The van der Waals surface area contributed by atoms with Crippen LogP contribution in [-0.2, 0) is 13.2 Å². The minimum Gasteiger partial charge on any atom is -0.333 e. The van der Waals surface area contributed by atoms with E-state index in [-0.39, 0.29) is 5.91 Å². The molecule has 0 aliphatic carbocycles. The molecule has 4 aromatic rings. The van der Waals surface area contributed by atoms with E-state index < -0.39 is 11.7 Å². The van der Waals surface area contributed by atoms with Crippen molar-refractivity contribution >= 4 is 22.9 Å². The number of imidazole rings is 1. The highest BCUT2D eigenvalue weighted by Gasteiger charge is 2.30. The molecule has 2 aromatic heterocycles. The number of hydrogen-bond acceptors (Lipinski definition) is 4. The molecule has 0 radical (unpaired) electrons. The van der Waals surface area contributed by atoms with Crippen molar-refractivity contribution in [2.75, 3.05) is 5.32 Å². The zero-order chi connectivity index (χ0) is 21.3. The number of alkyl halides is 3. The molecule has 2 aromatic carbocycles. The van der Waals surface area contributed by atoms with Gasteiger partial charge in [-0.3, -0.25) is 4.79 Å². The molecule has 0 unspecified atom stereocenters. The third kappa shape index (κ3) is 4.11. The molecule has 0 atom stereocenters. The van der Waals surface area contributed by atoms with Gasteiger partial charge in [-0.15, -0.1) is 11.3 Å². The molecule has 0 aliphatic heterocycles. The summed E-state index contributed by atoms with van der Waals surface area (Å²) in [6.45, 7) is 0. The highest BCUT2D eigenvalue weighted by molar-refractivity contribution is 7.07. The summed E-state index contributed by atoms with van der Waals surface area (Å²) in [6, 6.07) is 12.1. The van der Waals surface area contributed by atoms with Crippen molar-refractivity contribution in [2.24, 2.45) is 7.05 Å². The number of aromatic nitrogens is 3. The lowest BCUT2D eigenvalue weighted by Crippen LogP contribution is -2.11. The van der Waals surface area contributed by atoms with Crippen LogP contribution in [0.15, 0.2) is 65.6 Å². The van der Waals surface area contributed by atoms with Crippen LogP contribution in [0.2, 0.25) is 0 Å². The van der Waals surface area contributed by atoms with Gasteiger partial charge in [0, 0.05) is 35.4 Å². The maximum absolute atomic E-state index is 13.0. The predicted molar refractivity (Wildman–Crippen MR) is 109 cm³/mol. The summed E-state index contributed by atoms with van der Waals surface area (Å²) in [6.07, 6.45) is -2.73. The summed E-state index contributed by atoms with van der Waals surface area (Å²) in [5, 5.41) is 4.42. The van der Waals surface area contributed by atoms with Crippen molar-refractivity contribution < 1.29 is 18.0 Å². The monoisotopic (exact) mass is 428 g/mol. The SMILES string of the molecule is Cn1cc(-c2cccc(C(F)(F)F)c2)nc1-c1ccc(NC(=O)c2cscn2)cc1. The standard InChI is InChI=1S/C21H15F3N4OS/c1-28-10-17(14-3-2-4-15(9-14)21(22,23)24)27-19(28)13-5-7-16(8-6-13)26-20(29)18-11-30-12-25-18/h2-12H,1H3,(H,26,29). The Hall–Kier alpha value is -3.46. The Labute approximate surface area is 173 Å². The van der Waals surface area contributed by atoms with Gasteiger partial charge >= 0.3 is 6.18 Å². The second-order valence-electron chi connectivity index (χ2n) is 6.54. The average molecular weight is 428 g/mol. The van der Waals surface area contributed by atoms with E-state index in [2.05, 4.69) is 15.3 Å². The molecular formula is C21H15F3N4OS. The molecule has 1 N–H and O–H groups in total. The first-order valence-corrected chi connectivity index (χ1v) is 9.76. The fraction of sp³-hybridized carbons (Fsp3) is 0.0952. The molecule has 9 heteroatoms. The number of nitrogens with one attached hydrogen (secondary N) is 1. The summed E-state index contributed by atoms with van der Waals surface area (Å²) in [4.78, 5) is 20.5. The summed E-state index contributed by atoms with van der Waals surface area (Å²) in [5.74, 6) is 0.299. The first kappa shape index (κ1) is 19.8. The Bertz CT molecular complexity index is 1180. The van der Waals surface area contributed by atoms with Gasteiger partial charge in [0.05, 0.1) is 16.8 Å². The first-order valence-electron chi connectivity index (χ1n) is 8.82. The van der Waals surface area contributed by atoms with Gasteiger partial charge in [0.25, 0.3) is 5.91 Å². The van der Waals surface area contributed by atoms with Crippen molar-refractivity contribution in [3.8, 4) is 22.6 Å². The van der Waals surface area contributed by atoms with Gasteiger partial charge in [0.1, 0.15) is 11.5 Å². The van der Waals surface area contributed by atoms with Gasteiger partial charge < -0.3 is 9.88 Å². The van der Waals surface area contributed by atoms with E-state index in [0.717, 1.165) is 17.7 Å². The lowest BCUT2D eigenvalue weighted by molar-refractivity contribution is -0.137. The molecule has 0 bridgehead atoms. The van der Waals surface area contributed by atoms with E-state index in [0.29, 0.717) is 28.5 Å². The fourth-order valence-electron chi connectivity index (χ4n) is 2.95. The quantitative estimate of drug-likeness (QED) is 0.468. The van der Waals surface area contributed by atoms with Crippen LogP contribution in [0.25, 0.3) is 22.6 Å². The number of nitrogens with zero attached hydrogens (tertiary/aromatic N) is 3. The Morgan fingerprint density at radius 2 is 1.87 bits per heavy atom. The van der Waals surface area contributed by atoms with Crippen LogP contribution >= 0.6 is 11.3 Å². The molecule has 152 valence electrons. The van der Waals surface area contributed by atoms with Gasteiger partial charge in [-0.05, 0) is 36.4 Å². The van der Waals surface area contributed by atoms with E-state index in [1.807, 2.05) is 0 Å². The molecular weight excluding hydrogens is 413 g/mol. The minimum absolute atomic E-state index is 0.298. The number of aryl methyl sites for hydroxylation is 1. The highest BCUT2D eigenvalue weighted by atomic mass is 32.1. The third-order valence-corrected chi connectivity index (χ3v) is 5.01. The minimum atomic E-state index is -4.41. The van der Waals surface area contributed by atoms with Crippen molar-refractivity contribution in [1.29, 1.82) is 0 Å². The van der Waals surface area contributed by atoms with E-state index in [9.17, 15) is 18.0 Å². The van der Waals surface area contributed by atoms with Crippen LogP contribution in [-0.4, -0.2) is 20.4 Å². The lowest BCUT2D eigenvalue weighted by atomic mass is 10.1. The Morgan fingerprint density at radius 3 is 2.53 bits per heavy atom. The molecule has 0 fully saturated rings. The second kappa shape index (κ2) is 7.75. The normalized spacial score (nSPS) is 11.5. The van der Waals surface area contributed by atoms with Gasteiger partial charge in [0.15, 0.2) is 0 Å². The molecule has 2 heterocycles. The predicted octanol–water partition coefficient (Wildman–Crippen LogP) is 5.48. The van der Waals surface area contributed by atoms with Gasteiger partial charge in [0.2, 0.25) is 0 Å². The second-order valence-corrected chi connectivity index (χ2v) is 7.26. The zero-order valence-electron chi connectivity index (χ0n) is 15.6. The van der Waals surface area contributed by atoms with Crippen LogP contribution < -0.4 is 5.32 Å². The zero-order valence-corrected chi connectivity index (χ0v) is 16.5.